The molecule has 2 rings (SSSR count). The third-order valence-corrected chi connectivity index (χ3v) is 2.59. The second kappa shape index (κ2) is 5.46. The van der Waals surface area contributed by atoms with Gasteiger partial charge in [-0.15, -0.1) is 0 Å². The lowest BCUT2D eigenvalue weighted by atomic mass is 10.2. The first-order valence-electron chi connectivity index (χ1n) is 5.58. The number of carboxylic acid groups (broad SMARTS) is 1. The summed E-state index contributed by atoms with van der Waals surface area (Å²) < 4.78 is 7.09. The van der Waals surface area contributed by atoms with Crippen molar-refractivity contribution in [2.75, 3.05) is 0 Å². The van der Waals surface area contributed by atoms with Gasteiger partial charge in [-0.2, -0.15) is 0 Å². The number of carboxylic acids is 1. The molecule has 0 aliphatic carbocycles. The molecule has 0 aliphatic heterocycles. The number of rotatable bonds is 5. The van der Waals surface area contributed by atoms with Crippen molar-refractivity contribution in [1.29, 1.82) is 0 Å². The smallest absolute Gasteiger partial charge is 0.332 e. The number of hydrogen-bond donors (Lipinski definition) is 1. The van der Waals surface area contributed by atoms with E-state index in [2.05, 4.69) is 4.98 Å². The van der Waals surface area contributed by atoms with Gasteiger partial charge in [0.05, 0.1) is 12.9 Å². The molecule has 0 saturated heterocycles. The van der Waals surface area contributed by atoms with Gasteiger partial charge < -0.3 is 14.4 Å². The van der Waals surface area contributed by atoms with Crippen molar-refractivity contribution >= 4 is 5.97 Å². The van der Waals surface area contributed by atoms with Crippen molar-refractivity contribution in [3.63, 3.8) is 0 Å². The zero-order valence-electron chi connectivity index (χ0n) is 9.98. The van der Waals surface area contributed by atoms with Crippen molar-refractivity contribution in [3.8, 4) is 5.69 Å². The summed E-state index contributed by atoms with van der Waals surface area (Å²) in [6, 6.07) is 7.69. The summed E-state index contributed by atoms with van der Waals surface area (Å²) >= 11 is 0. The van der Waals surface area contributed by atoms with Crippen LogP contribution in [0, 0.1) is 0 Å². The fourth-order valence-corrected chi connectivity index (χ4v) is 1.47. The minimum absolute atomic E-state index is 0.289. The first-order valence-corrected chi connectivity index (χ1v) is 5.58. The molecular weight excluding hydrogens is 232 g/mol. The lowest BCUT2D eigenvalue weighted by Crippen LogP contribution is -2.19. The quantitative estimate of drug-likeness (QED) is 0.874. The van der Waals surface area contributed by atoms with Crippen LogP contribution in [0.1, 0.15) is 12.5 Å². The van der Waals surface area contributed by atoms with Gasteiger partial charge in [0.15, 0.2) is 6.10 Å². The highest BCUT2D eigenvalue weighted by molar-refractivity contribution is 5.71. The monoisotopic (exact) mass is 246 g/mol. The Morgan fingerprint density at radius 3 is 2.72 bits per heavy atom. The third kappa shape index (κ3) is 2.95. The molecule has 1 aromatic heterocycles. The summed E-state index contributed by atoms with van der Waals surface area (Å²) in [6.07, 6.45) is 4.50. The average molecular weight is 246 g/mol. The maximum atomic E-state index is 10.6. The van der Waals surface area contributed by atoms with E-state index in [4.69, 9.17) is 9.84 Å². The fraction of sp³-hybridized carbons (Fsp3) is 0.231. The SMILES string of the molecule is C[C@@H](OCc1ccc(-n2ccnc2)cc1)C(=O)O. The number of aromatic nitrogens is 2. The lowest BCUT2D eigenvalue weighted by Gasteiger charge is -2.09. The van der Waals surface area contributed by atoms with Crippen LogP contribution in [0.3, 0.4) is 0 Å². The molecule has 94 valence electrons. The Balaban J connectivity index is 1.98. The number of benzene rings is 1. The number of ether oxygens (including phenoxy) is 1. The van der Waals surface area contributed by atoms with E-state index in [0.29, 0.717) is 0 Å². The van der Waals surface area contributed by atoms with Crippen LogP contribution in [0.15, 0.2) is 43.0 Å². The molecule has 0 aliphatic rings. The van der Waals surface area contributed by atoms with Crippen LogP contribution in [0.5, 0.6) is 0 Å². The fourth-order valence-electron chi connectivity index (χ4n) is 1.47. The van der Waals surface area contributed by atoms with E-state index >= 15 is 0 Å². The van der Waals surface area contributed by atoms with Gasteiger partial charge in [-0.3, -0.25) is 0 Å². The minimum atomic E-state index is -0.954. The summed E-state index contributed by atoms with van der Waals surface area (Å²) in [6.45, 7) is 1.81. The standard InChI is InChI=1S/C13H14N2O3/c1-10(13(16)17)18-8-11-2-4-12(5-3-11)15-7-6-14-9-15/h2-7,9-10H,8H2,1H3,(H,16,17)/t10-/m1/s1. The molecule has 0 amide bonds. The molecule has 0 bridgehead atoms. The Kier molecular flexibility index (Phi) is 3.74. The summed E-state index contributed by atoms with van der Waals surface area (Å²) in [4.78, 5) is 14.6. The van der Waals surface area contributed by atoms with E-state index in [1.807, 2.05) is 35.0 Å². The van der Waals surface area contributed by atoms with E-state index in [0.717, 1.165) is 11.3 Å². The van der Waals surface area contributed by atoms with Crippen LogP contribution in [-0.2, 0) is 16.1 Å². The van der Waals surface area contributed by atoms with Crippen molar-refractivity contribution in [2.24, 2.45) is 0 Å². The van der Waals surface area contributed by atoms with Crippen LogP contribution in [0.25, 0.3) is 5.69 Å². The van der Waals surface area contributed by atoms with Gasteiger partial charge in [0.2, 0.25) is 0 Å². The van der Waals surface area contributed by atoms with Crippen molar-refractivity contribution in [2.45, 2.75) is 19.6 Å². The molecule has 1 aromatic carbocycles. The largest absolute Gasteiger partial charge is 0.479 e. The average Bonchev–Trinajstić information content (AvgIpc) is 2.90. The number of nitrogens with zero attached hydrogens (tertiary/aromatic N) is 2. The molecule has 1 N–H and O–H groups in total. The van der Waals surface area contributed by atoms with Crippen molar-refractivity contribution < 1.29 is 14.6 Å². The molecular formula is C13H14N2O3. The summed E-state index contributed by atoms with van der Waals surface area (Å²) in [7, 11) is 0. The maximum Gasteiger partial charge on any atom is 0.332 e. The second-order valence-electron chi connectivity index (χ2n) is 3.93. The second-order valence-corrected chi connectivity index (χ2v) is 3.93. The van der Waals surface area contributed by atoms with E-state index in [1.165, 1.54) is 6.92 Å². The Labute approximate surface area is 105 Å². The molecule has 0 spiro atoms. The molecule has 0 unspecified atom stereocenters. The summed E-state index contributed by atoms with van der Waals surface area (Å²) in [5.41, 5.74) is 1.94. The van der Waals surface area contributed by atoms with Crippen LogP contribution < -0.4 is 0 Å². The molecule has 0 radical (unpaired) electrons. The third-order valence-electron chi connectivity index (χ3n) is 2.59. The molecule has 1 atom stereocenters. The van der Waals surface area contributed by atoms with E-state index in [9.17, 15) is 4.79 Å². The molecule has 1 heterocycles. The van der Waals surface area contributed by atoms with E-state index < -0.39 is 12.1 Å². The van der Waals surface area contributed by atoms with Gasteiger partial charge in [0, 0.05) is 18.1 Å². The van der Waals surface area contributed by atoms with E-state index in [-0.39, 0.29) is 6.61 Å². The Hall–Kier alpha value is -2.14. The van der Waals surface area contributed by atoms with Gasteiger partial charge in [0.25, 0.3) is 0 Å². The minimum Gasteiger partial charge on any atom is -0.479 e. The highest BCUT2D eigenvalue weighted by atomic mass is 16.5. The predicted octanol–water partition coefficient (Wildman–Crippen LogP) is 1.86. The lowest BCUT2D eigenvalue weighted by molar-refractivity contribution is -0.149. The maximum absolute atomic E-state index is 10.6. The molecule has 5 nitrogen and oxygen atoms in total. The van der Waals surface area contributed by atoms with Crippen LogP contribution in [-0.4, -0.2) is 26.7 Å². The summed E-state index contributed by atoms with van der Waals surface area (Å²) in [5.74, 6) is -0.954. The molecule has 5 heteroatoms. The van der Waals surface area contributed by atoms with Crippen LogP contribution in [0.4, 0.5) is 0 Å². The van der Waals surface area contributed by atoms with Gasteiger partial charge in [-0.05, 0) is 24.6 Å². The van der Waals surface area contributed by atoms with Crippen molar-refractivity contribution in [3.05, 3.63) is 48.5 Å². The molecule has 0 saturated carbocycles. The van der Waals surface area contributed by atoms with Crippen LogP contribution in [0.2, 0.25) is 0 Å². The highest BCUT2D eigenvalue weighted by Gasteiger charge is 2.10. The van der Waals surface area contributed by atoms with E-state index in [1.54, 1.807) is 12.5 Å². The van der Waals surface area contributed by atoms with Gasteiger partial charge in [-0.25, -0.2) is 9.78 Å². The first-order chi connectivity index (χ1) is 8.66. The number of imidazole rings is 1. The van der Waals surface area contributed by atoms with Gasteiger partial charge in [-0.1, -0.05) is 12.1 Å². The first kappa shape index (κ1) is 12.3. The zero-order valence-corrected chi connectivity index (χ0v) is 9.98. The normalized spacial score (nSPS) is 12.3. The molecule has 2 aromatic rings. The van der Waals surface area contributed by atoms with Crippen molar-refractivity contribution in [1.82, 2.24) is 9.55 Å². The molecule has 0 fully saturated rings. The topological polar surface area (TPSA) is 64.4 Å². The van der Waals surface area contributed by atoms with Gasteiger partial charge in [0.1, 0.15) is 0 Å². The van der Waals surface area contributed by atoms with Gasteiger partial charge >= 0.3 is 5.97 Å². The predicted molar refractivity (Wildman–Crippen MR) is 65.5 cm³/mol. The van der Waals surface area contributed by atoms with Crippen LogP contribution >= 0.6 is 0 Å². The number of aliphatic carboxylic acids is 1. The number of carbonyl (C=O) groups is 1. The highest BCUT2D eigenvalue weighted by Crippen LogP contribution is 2.10. The summed E-state index contributed by atoms with van der Waals surface area (Å²) in [5, 5.41) is 8.69. The number of hydrogen-bond acceptors (Lipinski definition) is 3. The Morgan fingerprint density at radius 1 is 1.44 bits per heavy atom. The Bertz CT molecular complexity index is 506. The Morgan fingerprint density at radius 2 is 2.17 bits per heavy atom. The molecule has 18 heavy (non-hydrogen) atoms. The zero-order chi connectivity index (χ0) is 13.0.